The van der Waals surface area contributed by atoms with Crippen LogP contribution in [0.2, 0.25) is 0 Å². The highest BCUT2D eigenvalue weighted by molar-refractivity contribution is 7.98. The molecule has 0 saturated carbocycles. The van der Waals surface area contributed by atoms with Gasteiger partial charge in [0, 0.05) is 17.6 Å². The van der Waals surface area contributed by atoms with Crippen LogP contribution in [0.25, 0.3) is 10.2 Å². The zero-order valence-corrected chi connectivity index (χ0v) is 11.2. The third-order valence-electron chi connectivity index (χ3n) is 2.30. The fourth-order valence-electron chi connectivity index (χ4n) is 1.41. The van der Waals surface area contributed by atoms with Gasteiger partial charge >= 0.3 is 5.97 Å². The largest absolute Gasteiger partial charge is 0.480 e. The number of nitrogens with zero attached hydrogens (tertiary/aromatic N) is 1. The number of hydrogen-bond acceptors (Lipinski definition) is 5. The molecule has 2 aromatic rings. The Bertz CT molecular complexity index is 618. The Balaban J connectivity index is 2.06. The average molecular weight is 304 g/mol. The lowest BCUT2D eigenvalue weighted by atomic mass is 10.3. The second kappa shape index (κ2) is 5.81. The van der Waals surface area contributed by atoms with Crippen molar-refractivity contribution in [1.82, 2.24) is 4.98 Å². The first-order valence-electron chi connectivity index (χ1n) is 5.28. The summed E-state index contributed by atoms with van der Waals surface area (Å²) in [6.45, 7) is 0. The lowest BCUT2D eigenvalue weighted by molar-refractivity contribution is -0.137. The number of fused-ring (bicyclic) bond motifs is 1. The van der Waals surface area contributed by atoms with Crippen LogP contribution in [-0.2, 0) is 10.5 Å². The maximum atomic E-state index is 13.4. The maximum absolute atomic E-state index is 13.4. The van der Waals surface area contributed by atoms with E-state index in [2.05, 4.69) is 4.98 Å². The minimum Gasteiger partial charge on any atom is -0.480 e. The first kappa shape index (κ1) is 14.2. The van der Waals surface area contributed by atoms with Gasteiger partial charge in [-0.1, -0.05) is 0 Å². The van der Waals surface area contributed by atoms with Gasteiger partial charge in [-0.3, -0.25) is 4.79 Å². The van der Waals surface area contributed by atoms with Gasteiger partial charge in [-0.05, 0) is 6.07 Å². The smallest absolute Gasteiger partial charge is 0.321 e. The summed E-state index contributed by atoms with van der Waals surface area (Å²) in [5, 5.41) is 9.23. The van der Waals surface area contributed by atoms with Crippen molar-refractivity contribution >= 4 is 39.3 Å². The van der Waals surface area contributed by atoms with Gasteiger partial charge in [0.15, 0.2) is 5.82 Å². The highest BCUT2D eigenvalue weighted by Gasteiger charge is 2.13. The van der Waals surface area contributed by atoms with Crippen LogP contribution in [0, 0.1) is 11.6 Å². The summed E-state index contributed by atoms with van der Waals surface area (Å²) < 4.78 is 26.9. The number of benzene rings is 1. The van der Waals surface area contributed by atoms with E-state index in [0.717, 1.165) is 6.07 Å². The van der Waals surface area contributed by atoms with Gasteiger partial charge in [-0.25, -0.2) is 13.8 Å². The van der Waals surface area contributed by atoms with Gasteiger partial charge in [0.2, 0.25) is 0 Å². The van der Waals surface area contributed by atoms with Crippen molar-refractivity contribution in [2.45, 2.75) is 11.8 Å². The van der Waals surface area contributed by atoms with Crippen molar-refractivity contribution in [1.29, 1.82) is 0 Å². The molecule has 0 fully saturated rings. The molecule has 8 heteroatoms. The number of halogens is 2. The normalized spacial score (nSPS) is 12.8. The molecule has 4 nitrogen and oxygen atoms in total. The van der Waals surface area contributed by atoms with Crippen LogP contribution in [0.4, 0.5) is 8.78 Å². The number of carboxylic acids is 1. The third-order valence-corrected chi connectivity index (χ3v) is 4.56. The van der Waals surface area contributed by atoms with Gasteiger partial charge in [0.05, 0.1) is 4.70 Å². The topological polar surface area (TPSA) is 76.2 Å². The monoisotopic (exact) mass is 304 g/mol. The molecule has 0 aliphatic rings. The fraction of sp³-hybridized carbons (Fsp3) is 0.273. The lowest BCUT2D eigenvalue weighted by Crippen LogP contribution is -2.32. The number of carbonyl (C=O) groups is 1. The lowest BCUT2D eigenvalue weighted by Gasteiger charge is -2.03. The van der Waals surface area contributed by atoms with Gasteiger partial charge in [-0.15, -0.1) is 11.3 Å². The van der Waals surface area contributed by atoms with Gasteiger partial charge < -0.3 is 10.8 Å². The summed E-state index contributed by atoms with van der Waals surface area (Å²) >= 11 is 2.48. The molecule has 0 bridgehead atoms. The van der Waals surface area contributed by atoms with Crippen molar-refractivity contribution in [2.75, 3.05) is 5.75 Å². The second-order valence-electron chi connectivity index (χ2n) is 3.80. The minimum atomic E-state index is -1.06. The molecular formula is C11H10F2N2O2S2. The Labute approximate surface area is 115 Å². The van der Waals surface area contributed by atoms with Crippen LogP contribution in [0.5, 0.6) is 0 Å². The highest BCUT2D eigenvalue weighted by atomic mass is 32.2. The van der Waals surface area contributed by atoms with Crippen LogP contribution in [0.1, 0.15) is 5.01 Å². The van der Waals surface area contributed by atoms with E-state index in [0.29, 0.717) is 15.5 Å². The summed E-state index contributed by atoms with van der Waals surface area (Å²) in [4.78, 5) is 14.6. The molecule has 0 radical (unpaired) electrons. The van der Waals surface area contributed by atoms with Crippen LogP contribution in [0.3, 0.4) is 0 Å². The van der Waals surface area contributed by atoms with E-state index in [9.17, 15) is 13.6 Å². The van der Waals surface area contributed by atoms with E-state index in [1.807, 2.05) is 0 Å². The third kappa shape index (κ3) is 3.40. The number of thiazole rings is 1. The van der Waals surface area contributed by atoms with Crippen molar-refractivity contribution in [3.8, 4) is 0 Å². The SMILES string of the molecule is N[C@@H](CSCc1nc2c(F)cc(F)cc2s1)C(=O)O. The quantitative estimate of drug-likeness (QED) is 0.886. The fourth-order valence-corrected chi connectivity index (χ4v) is 3.45. The van der Waals surface area contributed by atoms with Gasteiger partial charge in [-0.2, -0.15) is 11.8 Å². The van der Waals surface area contributed by atoms with E-state index in [4.69, 9.17) is 10.8 Å². The minimum absolute atomic E-state index is 0.143. The summed E-state index contributed by atoms with van der Waals surface area (Å²) in [7, 11) is 0. The molecule has 0 unspecified atom stereocenters. The van der Waals surface area contributed by atoms with Crippen LogP contribution < -0.4 is 5.73 Å². The van der Waals surface area contributed by atoms with E-state index in [1.54, 1.807) is 0 Å². The Morgan fingerprint density at radius 1 is 1.53 bits per heavy atom. The molecule has 102 valence electrons. The van der Waals surface area contributed by atoms with E-state index in [-0.39, 0.29) is 11.3 Å². The van der Waals surface area contributed by atoms with Crippen molar-refractivity contribution in [3.63, 3.8) is 0 Å². The summed E-state index contributed by atoms with van der Waals surface area (Å²) in [6, 6.07) is 1.08. The van der Waals surface area contributed by atoms with Crippen molar-refractivity contribution < 1.29 is 18.7 Å². The Hall–Kier alpha value is -1.25. The Morgan fingerprint density at radius 2 is 2.26 bits per heavy atom. The first-order chi connectivity index (χ1) is 8.97. The number of rotatable bonds is 5. The molecule has 0 saturated heterocycles. The molecule has 1 heterocycles. The highest BCUT2D eigenvalue weighted by Crippen LogP contribution is 2.27. The predicted molar refractivity (Wildman–Crippen MR) is 71.3 cm³/mol. The summed E-state index contributed by atoms with van der Waals surface area (Å²) in [5.41, 5.74) is 5.50. The Kier molecular flexibility index (Phi) is 4.33. The molecule has 0 spiro atoms. The number of thioether (sulfide) groups is 1. The van der Waals surface area contributed by atoms with E-state index >= 15 is 0 Å². The summed E-state index contributed by atoms with van der Waals surface area (Å²) in [6.07, 6.45) is 0. The second-order valence-corrected chi connectivity index (χ2v) is 5.95. The molecule has 0 aliphatic heterocycles. The zero-order chi connectivity index (χ0) is 14.0. The standard InChI is InChI=1S/C11H10F2N2O2S2/c12-5-1-6(13)10-8(2-5)19-9(15-10)4-18-3-7(14)11(16)17/h1-2,7H,3-4,14H2,(H,16,17)/t7-/m0/s1. The average Bonchev–Trinajstić information content (AvgIpc) is 2.71. The van der Waals surface area contributed by atoms with Crippen LogP contribution in [0.15, 0.2) is 12.1 Å². The van der Waals surface area contributed by atoms with Crippen LogP contribution >= 0.6 is 23.1 Å². The van der Waals surface area contributed by atoms with Crippen LogP contribution in [-0.4, -0.2) is 27.9 Å². The van der Waals surface area contributed by atoms with Gasteiger partial charge in [0.25, 0.3) is 0 Å². The van der Waals surface area contributed by atoms with Gasteiger partial charge in [0.1, 0.15) is 22.4 Å². The molecule has 3 N–H and O–H groups in total. The maximum Gasteiger partial charge on any atom is 0.321 e. The van der Waals surface area contributed by atoms with Crippen molar-refractivity contribution in [2.24, 2.45) is 5.73 Å². The number of aliphatic carboxylic acids is 1. The number of nitrogens with two attached hydrogens (primary N) is 1. The first-order valence-corrected chi connectivity index (χ1v) is 7.25. The molecule has 0 amide bonds. The number of aromatic nitrogens is 1. The molecular weight excluding hydrogens is 294 g/mol. The van der Waals surface area contributed by atoms with E-state index < -0.39 is 23.6 Å². The van der Waals surface area contributed by atoms with Crippen molar-refractivity contribution in [3.05, 3.63) is 28.8 Å². The molecule has 1 aromatic carbocycles. The molecule has 2 rings (SSSR count). The summed E-state index contributed by atoms with van der Waals surface area (Å²) in [5.74, 6) is -1.74. The zero-order valence-electron chi connectivity index (χ0n) is 9.60. The Morgan fingerprint density at radius 3 is 2.95 bits per heavy atom. The molecule has 1 atom stereocenters. The van der Waals surface area contributed by atoms with E-state index in [1.165, 1.54) is 29.2 Å². The molecule has 0 aliphatic carbocycles. The number of carboxylic acid groups (broad SMARTS) is 1. The predicted octanol–water partition coefficient (Wildman–Crippen LogP) is 2.22. The molecule has 19 heavy (non-hydrogen) atoms. The number of hydrogen-bond donors (Lipinski definition) is 2. The molecule has 1 aromatic heterocycles.